The molecule has 6 nitrogen and oxygen atoms in total. The number of hydrogen-bond acceptors (Lipinski definition) is 4. The van der Waals surface area contributed by atoms with Crippen molar-refractivity contribution in [2.24, 2.45) is 0 Å². The normalized spacial score (nSPS) is 11.3. The van der Waals surface area contributed by atoms with Crippen LogP contribution in [0.2, 0.25) is 0 Å². The summed E-state index contributed by atoms with van der Waals surface area (Å²) in [6.07, 6.45) is 2.37. The molecular formula is C15H19NO5. The molecule has 1 aromatic rings. The van der Waals surface area contributed by atoms with E-state index in [0.717, 1.165) is 0 Å². The Balaban J connectivity index is 2.97. The zero-order chi connectivity index (χ0) is 15.8. The maximum absolute atomic E-state index is 12.2. The van der Waals surface area contributed by atoms with Crippen LogP contribution >= 0.6 is 0 Å². The second-order valence-electron chi connectivity index (χ2n) is 4.27. The van der Waals surface area contributed by atoms with E-state index in [4.69, 9.17) is 14.6 Å². The van der Waals surface area contributed by atoms with E-state index in [1.54, 1.807) is 24.3 Å². The van der Waals surface area contributed by atoms with Gasteiger partial charge in [-0.15, -0.1) is 6.58 Å². The van der Waals surface area contributed by atoms with Gasteiger partial charge in [-0.2, -0.15) is 0 Å². The number of benzene rings is 1. The SMILES string of the molecule is C=CCCC(NC(=O)c1cccc(OC)c1OC)C(=O)O. The second kappa shape index (κ2) is 7.94. The van der Waals surface area contributed by atoms with Crippen LogP contribution in [0.5, 0.6) is 11.5 Å². The lowest BCUT2D eigenvalue weighted by molar-refractivity contribution is -0.139. The van der Waals surface area contributed by atoms with Crippen LogP contribution < -0.4 is 14.8 Å². The van der Waals surface area contributed by atoms with Crippen LogP contribution in [-0.2, 0) is 4.79 Å². The first-order valence-corrected chi connectivity index (χ1v) is 6.40. The highest BCUT2D eigenvalue weighted by Crippen LogP contribution is 2.30. The molecule has 6 heteroatoms. The number of methoxy groups -OCH3 is 2. The molecule has 0 aromatic heterocycles. The number of carbonyl (C=O) groups is 2. The minimum Gasteiger partial charge on any atom is -0.493 e. The zero-order valence-electron chi connectivity index (χ0n) is 12.1. The van der Waals surface area contributed by atoms with E-state index in [9.17, 15) is 9.59 Å². The summed E-state index contributed by atoms with van der Waals surface area (Å²) in [6, 6.07) is 3.85. The van der Waals surface area contributed by atoms with E-state index in [0.29, 0.717) is 12.2 Å². The Bertz CT molecular complexity index is 527. The number of rotatable bonds is 8. The van der Waals surface area contributed by atoms with Crippen LogP contribution in [0.1, 0.15) is 23.2 Å². The van der Waals surface area contributed by atoms with Crippen LogP contribution in [0.4, 0.5) is 0 Å². The van der Waals surface area contributed by atoms with Gasteiger partial charge < -0.3 is 19.9 Å². The maximum Gasteiger partial charge on any atom is 0.326 e. The van der Waals surface area contributed by atoms with Crippen molar-refractivity contribution in [1.82, 2.24) is 5.32 Å². The Morgan fingerprint density at radius 2 is 2.10 bits per heavy atom. The van der Waals surface area contributed by atoms with Gasteiger partial charge in [0.1, 0.15) is 6.04 Å². The van der Waals surface area contributed by atoms with Crippen LogP contribution in [0.3, 0.4) is 0 Å². The molecule has 0 fully saturated rings. The Morgan fingerprint density at radius 3 is 2.62 bits per heavy atom. The van der Waals surface area contributed by atoms with Crippen LogP contribution in [0.25, 0.3) is 0 Å². The molecule has 1 atom stereocenters. The fourth-order valence-corrected chi connectivity index (χ4v) is 1.84. The Labute approximate surface area is 123 Å². The lowest BCUT2D eigenvalue weighted by Gasteiger charge is -2.16. The van der Waals surface area contributed by atoms with E-state index < -0.39 is 17.9 Å². The zero-order valence-corrected chi connectivity index (χ0v) is 12.1. The van der Waals surface area contributed by atoms with Gasteiger partial charge in [-0.3, -0.25) is 4.79 Å². The van der Waals surface area contributed by atoms with Crippen LogP contribution in [0.15, 0.2) is 30.9 Å². The molecule has 1 rings (SSSR count). The summed E-state index contributed by atoms with van der Waals surface area (Å²) in [5, 5.41) is 11.6. The van der Waals surface area contributed by atoms with Crippen molar-refractivity contribution in [2.75, 3.05) is 14.2 Å². The highest BCUT2D eigenvalue weighted by molar-refractivity contribution is 5.99. The van der Waals surface area contributed by atoms with Crippen molar-refractivity contribution in [3.05, 3.63) is 36.4 Å². The fraction of sp³-hybridized carbons (Fsp3) is 0.333. The van der Waals surface area contributed by atoms with Gasteiger partial charge in [0, 0.05) is 0 Å². The molecule has 0 aliphatic heterocycles. The van der Waals surface area contributed by atoms with Crippen LogP contribution in [0, 0.1) is 0 Å². The summed E-state index contributed by atoms with van der Waals surface area (Å²) in [6.45, 7) is 3.54. The number of hydrogen-bond donors (Lipinski definition) is 2. The van der Waals surface area contributed by atoms with Gasteiger partial charge in [-0.05, 0) is 25.0 Å². The number of carbonyl (C=O) groups excluding carboxylic acids is 1. The van der Waals surface area contributed by atoms with E-state index in [-0.39, 0.29) is 17.7 Å². The number of carboxylic acid groups (broad SMARTS) is 1. The number of para-hydroxylation sites is 1. The molecule has 1 unspecified atom stereocenters. The summed E-state index contributed by atoms with van der Waals surface area (Å²) in [5.41, 5.74) is 0.224. The summed E-state index contributed by atoms with van der Waals surface area (Å²) >= 11 is 0. The molecule has 0 aliphatic rings. The number of aliphatic carboxylic acids is 1. The lowest BCUT2D eigenvalue weighted by Crippen LogP contribution is -2.40. The average Bonchev–Trinajstić information content (AvgIpc) is 2.49. The number of carboxylic acids is 1. The van der Waals surface area contributed by atoms with Gasteiger partial charge >= 0.3 is 5.97 Å². The standard InChI is InChI=1S/C15H19NO5/c1-4-5-8-11(15(18)19)16-14(17)10-7-6-9-12(20-2)13(10)21-3/h4,6-7,9,11H,1,5,8H2,2-3H3,(H,16,17)(H,18,19). The van der Waals surface area contributed by atoms with Crippen molar-refractivity contribution in [3.8, 4) is 11.5 Å². The molecular weight excluding hydrogens is 274 g/mol. The molecule has 0 aliphatic carbocycles. The second-order valence-corrected chi connectivity index (χ2v) is 4.27. The number of allylic oxidation sites excluding steroid dienone is 1. The summed E-state index contributed by atoms with van der Waals surface area (Å²) < 4.78 is 10.3. The fourth-order valence-electron chi connectivity index (χ4n) is 1.84. The Kier molecular flexibility index (Phi) is 6.26. The smallest absolute Gasteiger partial charge is 0.326 e. The molecule has 21 heavy (non-hydrogen) atoms. The lowest BCUT2D eigenvalue weighted by atomic mass is 10.1. The van der Waals surface area contributed by atoms with E-state index in [2.05, 4.69) is 11.9 Å². The Morgan fingerprint density at radius 1 is 1.38 bits per heavy atom. The highest BCUT2D eigenvalue weighted by Gasteiger charge is 2.23. The summed E-state index contributed by atoms with van der Waals surface area (Å²) in [7, 11) is 2.88. The van der Waals surface area contributed by atoms with Crippen molar-refractivity contribution in [2.45, 2.75) is 18.9 Å². The number of nitrogens with one attached hydrogen (secondary N) is 1. The van der Waals surface area contributed by atoms with Gasteiger partial charge in [0.2, 0.25) is 0 Å². The third-order valence-electron chi connectivity index (χ3n) is 2.91. The predicted molar refractivity (Wildman–Crippen MR) is 77.9 cm³/mol. The summed E-state index contributed by atoms with van der Waals surface area (Å²) in [4.78, 5) is 23.4. The summed E-state index contributed by atoms with van der Waals surface area (Å²) in [5.74, 6) is -0.942. The number of amides is 1. The molecule has 0 heterocycles. The van der Waals surface area contributed by atoms with Crippen molar-refractivity contribution >= 4 is 11.9 Å². The van der Waals surface area contributed by atoms with Crippen LogP contribution in [-0.4, -0.2) is 37.2 Å². The minimum absolute atomic E-state index is 0.224. The molecule has 1 aromatic carbocycles. The van der Waals surface area contributed by atoms with Crippen molar-refractivity contribution in [3.63, 3.8) is 0 Å². The Hall–Kier alpha value is -2.50. The average molecular weight is 293 g/mol. The molecule has 0 radical (unpaired) electrons. The third kappa shape index (κ3) is 4.24. The molecule has 114 valence electrons. The third-order valence-corrected chi connectivity index (χ3v) is 2.91. The minimum atomic E-state index is -1.09. The van der Waals surface area contributed by atoms with Gasteiger partial charge in [-0.25, -0.2) is 4.79 Å². The van der Waals surface area contributed by atoms with Crippen molar-refractivity contribution in [1.29, 1.82) is 0 Å². The molecule has 1 amide bonds. The molecule has 0 bridgehead atoms. The van der Waals surface area contributed by atoms with Crippen molar-refractivity contribution < 1.29 is 24.2 Å². The van der Waals surface area contributed by atoms with E-state index >= 15 is 0 Å². The molecule has 0 saturated heterocycles. The van der Waals surface area contributed by atoms with Gasteiger partial charge in [-0.1, -0.05) is 12.1 Å². The molecule has 0 saturated carbocycles. The van der Waals surface area contributed by atoms with Gasteiger partial charge in [0.25, 0.3) is 5.91 Å². The quantitative estimate of drug-likeness (QED) is 0.715. The van der Waals surface area contributed by atoms with E-state index in [1.807, 2.05) is 0 Å². The van der Waals surface area contributed by atoms with E-state index in [1.165, 1.54) is 14.2 Å². The monoisotopic (exact) mass is 293 g/mol. The predicted octanol–water partition coefficient (Wildman–Crippen LogP) is 1.85. The molecule has 2 N–H and O–H groups in total. The largest absolute Gasteiger partial charge is 0.493 e. The maximum atomic E-state index is 12.2. The topological polar surface area (TPSA) is 84.9 Å². The van der Waals surface area contributed by atoms with Gasteiger partial charge in [0.05, 0.1) is 19.8 Å². The first-order chi connectivity index (χ1) is 10.0. The number of ether oxygens (including phenoxy) is 2. The first-order valence-electron chi connectivity index (χ1n) is 6.40. The van der Waals surface area contributed by atoms with Gasteiger partial charge in [0.15, 0.2) is 11.5 Å². The molecule has 0 spiro atoms. The first kappa shape index (κ1) is 16.6. The highest BCUT2D eigenvalue weighted by atomic mass is 16.5.